The molecular formula is C33H37N5O7. The minimum absolute atomic E-state index is 0.0782. The molecule has 7 aliphatic rings. The van der Waals surface area contributed by atoms with E-state index < -0.39 is 47.2 Å². The van der Waals surface area contributed by atoms with Crippen LogP contribution >= 0.6 is 0 Å². The van der Waals surface area contributed by atoms with Crippen LogP contribution in [0.4, 0.5) is 0 Å². The third-order valence-electron chi connectivity index (χ3n) is 10.8. The summed E-state index contributed by atoms with van der Waals surface area (Å²) in [6, 6.07) is 7.09. The number of carbonyl (C=O) groups excluding carboxylic acids is 3. The van der Waals surface area contributed by atoms with Gasteiger partial charge in [-0.25, -0.2) is 0 Å². The van der Waals surface area contributed by atoms with Crippen LogP contribution in [0.25, 0.3) is 0 Å². The fourth-order valence-corrected chi connectivity index (χ4v) is 8.64. The highest BCUT2D eigenvalue weighted by atomic mass is 16.7. The van der Waals surface area contributed by atoms with Crippen LogP contribution in [0.1, 0.15) is 31.7 Å². The van der Waals surface area contributed by atoms with Crippen molar-refractivity contribution in [1.29, 1.82) is 0 Å². The number of benzene rings is 1. The van der Waals surface area contributed by atoms with Gasteiger partial charge in [0.15, 0.2) is 5.60 Å². The van der Waals surface area contributed by atoms with Crippen LogP contribution in [0.5, 0.6) is 0 Å². The SMILES string of the molecule is CN1C[C@](O)(C(=O)NC2(C)OC3(O)[C@@H]4CCCN4C(=O)C(Cc4ccccc4)N3C2=O)C(O)C2=C3C=CC=C4NC=C(C[C@H]21)C43. The third-order valence-corrected chi connectivity index (χ3v) is 10.8. The third kappa shape index (κ3) is 3.86. The van der Waals surface area contributed by atoms with E-state index in [0.29, 0.717) is 31.4 Å². The first-order chi connectivity index (χ1) is 21.5. The van der Waals surface area contributed by atoms with E-state index in [4.69, 9.17) is 4.74 Å². The van der Waals surface area contributed by atoms with Crippen molar-refractivity contribution in [1.82, 2.24) is 25.3 Å². The number of likely N-dealkylation sites (N-methyl/N-ethyl adjacent to an activating group) is 1. The molecule has 236 valence electrons. The summed E-state index contributed by atoms with van der Waals surface area (Å²) in [4.78, 5) is 46.5. The Labute approximate surface area is 260 Å². The Morgan fingerprint density at radius 3 is 2.76 bits per heavy atom. The minimum Gasteiger partial charge on any atom is -0.385 e. The van der Waals surface area contributed by atoms with E-state index in [9.17, 15) is 29.7 Å². The molecule has 8 atom stereocenters. The van der Waals surface area contributed by atoms with Crippen LogP contribution in [-0.4, -0.2) is 109 Å². The van der Waals surface area contributed by atoms with Gasteiger partial charge in [0.1, 0.15) is 18.2 Å². The minimum atomic E-state index is -2.34. The number of β-amino-alcohol motifs (C(OH)–C–C–N with tert-alkyl or cyclic N) is 1. The molecular weight excluding hydrogens is 578 g/mol. The predicted molar refractivity (Wildman–Crippen MR) is 159 cm³/mol. The summed E-state index contributed by atoms with van der Waals surface area (Å²) < 4.78 is 6.13. The first-order valence-electron chi connectivity index (χ1n) is 15.6. The Morgan fingerprint density at radius 2 is 1.98 bits per heavy atom. The van der Waals surface area contributed by atoms with E-state index in [2.05, 4.69) is 10.6 Å². The number of nitrogens with zero attached hydrogens (tertiary/aromatic N) is 3. The smallest absolute Gasteiger partial charge is 0.280 e. The number of allylic oxidation sites excluding steroid dienone is 4. The van der Waals surface area contributed by atoms with Gasteiger partial charge in [-0.05, 0) is 61.6 Å². The number of rotatable bonds is 4. The van der Waals surface area contributed by atoms with Gasteiger partial charge in [-0.15, -0.1) is 0 Å². The second-order valence-electron chi connectivity index (χ2n) is 13.5. The number of fused-ring (bicyclic) bond motifs is 4. The molecule has 5 aliphatic heterocycles. The second kappa shape index (κ2) is 9.60. The van der Waals surface area contributed by atoms with Crippen LogP contribution in [-0.2, 0) is 25.5 Å². The molecule has 0 aromatic heterocycles. The van der Waals surface area contributed by atoms with E-state index in [-0.39, 0.29) is 30.8 Å². The molecule has 2 aliphatic carbocycles. The number of hydrogen-bond donors (Lipinski definition) is 5. The number of likely N-dealkylation sites (tertiary alicyclic amines) is 1. The van der Waals surface area contributed by atoms with Crippen molar-refractivity contribution in [2.75, 3.05) is 20.1 Å². The van der Waals surface area contributed by atoms with Crippen LogP contribution in [0.3, 0.4) is 0 Å². The van der Waals surface area contributed by atoms with Crippen LogP contribution in [0, 0.1) is 5.92 Å². The number of amides is 3. The number of ether oxygens (including phenoxy) is 1. The van der Waals surface area contributed by atoms with Crippen molar-refractivity contribution in [2.45, 2.75) is 74.1 Å². The molecule has 12 nitrogen and oxygen atoms in total. The monoisotopic (exact) mass is 615 g/mol. The second-order valence-corrected chi connectivity index (χ2v) is 13.5. The highest BCUT2D eigenvalue weighted by Crippen LogP contribution is 2.49. The lowest BCUT2D eigenvalue weighted by atomic mass is 9.68. The van der Waals surface area contributed by atoms with Crippen LogP contribution in [0.2, 0.25) is 0 Å². The largest absolute Gasteiger partial charge is 0.385 e. The summed E-state index contributed by atoms with van der Waals surface area (Å²) in [6.07, 6.45) is 7.99. The van der Waals surface area contributed by atoms with Gasteiger partial charge in [-0.1, -0.05) is 42.5 Å². The fraction of sp³-hybridized carbons (Fsp3) is 0.485. The molecule has 0 radical (unpaired) electrons. The highest BCUT2D eigenvalue weighted by Gasteiger charge is 2.70. The van der Waals surface area contributed by atoms with Gasteiger partial charge in [-0.3, -0.25) is 28.9 Å². The van der Waals surface area contributed by atoms with E-state index in [1.807, 2.05) is 59.7 Å². The lowest BCUT2D eigenvalue weighted by Crippen LogP contribution is -2.71. The maximum absolute atomic E-state index is 14.2. The first-order valence-corrected chi connectivity index (χ1v) is 15.6. The number of aliphatic hydroxyl groups is 3. The Bertz CT molecular complexity index is 1640. The molecule has 4 fully saturated rings. The van der Waals surface area contributed by atoms with E-state index >= 15 is 0 Å². The Morgan fingerprint density at radius 1 is 1.20 bits per heavy atom. The van der Waals surface area contributed by atoms with Crippen molar-refractivity contribution in [3.63, 3.8) is 0 Å². The molecule has 0 bridgehead atoms. The standard InChI is InChI=1S/C33H37N5O7/c1-31(30(42)38-23(14-18-8-4-3-5-9-18)28(40)37-13-7-12-24(37)33(38,44)45-31)35-29(41)32(43)17-36(2)22-15-19-16-34-21-11-6-10-20(25(19)21)26(22)27(32)39/h3-6,8-11,16,22-25,27,34,39,43-44H,7,12-15,17H2,1-2H3,(H,35,41)/t22-,23?,24+,25?,27?,31?,32-,33?/m1/s1. The lowest BCUT2D eigenvalue weighted by molar-refractivity contribution is -0.315. The molecule has 4 saturated heterocycles. The molecule has 1 aromatic rings. The number of aliphatic hydroxyl groups excluding tert-OH is 1. The first kappa shape index (κ1) is 28.6. The maximum atomic E-state index is 14.2. The van der Waals surface area contributed by atoms with Crippen molar-refractivity contribution in [3.05, 3.63) is 82.7 Å². The average Bonchev–Trinajstić information content (AvgIpc) is 3.72. The van der Waals surface area contributed by atoms with Gasteiger partial charge in [0, 0.05) is 43.4 Å². The summed E-state index contributed by atoms with van der Waals surface area (Å²) in [7, 11) is 1.79. The Hall–Kier alpha value is -3.81. The number of hydrogen-bond acceptors (Lipinski definition) is 9. The van der Waals surface area contributed by atoms with E-state index in [1.54, 1.807) is 11.9 Å². The van der Waals surface area contributed by atoms with Crippen molar-refractivity contribution >= 4 is 17.7 Å². The molecule has 8 rings (SSSR count). The molecule has 12 heteroatoms. The predicted octanol–water partition coefficient (Wildman–Crippen LogP) is -0.397. The topological polar surface area (TPSA) is 155 Å². The van der Waals surface area contributed by atoms with Gasteiger partial charge >= 0.3 is 0 Å². The summed E-state index contributed by atoms with van der Waals surface area (Å²) in [5.74, 6) is -4.37. The molecule has 0 saturated carbocycles. The van der Waals surface area contributed by atoms with Crippen molar-refractivity contribution in [3.8, 4) is 0 Å². The number of nitrogens with one attached hydrogen (secondary N) is 2. The van der Waals surface area contributed by atoms with E-state index in [0.717, 1.165) is 21.7 Å². The lowest BCUT2D eigenvalue weighted by Gasteiger charge is -2.50. The quantitative estimate of drug-likeness (QED) is 0.305. The van der Waals surface area contributed by atoms with E-state index in [1.165, 1.54) is 12.5 Å². The summed E-state index contributed by atoms with van der Waals surface area (Å²) in [5.41, 5.74) is -0.126. The molecule has 1 aromatic carbocycles. The summed E-state index contributed by atoms with van der Waals surface area (Å²) in [6.45, 7) is 1.53. The molecule has 5 heterocycles. The van der Waals surface area contributed by atoms with Gasteiger partial charge in [-0.2, -0.15) is 0 Å². The number of piperazine rings is 1. The summed E-state index contributed by atoms with van der Waals surface area (Å²) in [5, 5.41) is 41.7. The molecule has 45 heavy (non-hydrogen) atoms. The summed E-state index contributed by atoms with van der Waals surface area (Å²) >= 11 is 0. The molecule has 5 N–H and O–H groups in total. The molecule has 3 amide bonds. The van der Waals surface area contributed by atoms with Gasteiger partial charge < -0.3 is 30.9 Å². The van der Waals surface area contributed by atoms with Crippen molar-refractivity contribution in [2.24, 2.45) is 5.92 Å². The zero-order valence-electron chi connectivity index (χ0n) is 25.1. The van der Waals surface area contributed by atoms with Crippen LogP contribution in [0.15, 0.2) is 77.2 Å². The Balaban J connectivity index is 1.12. The van der Waals surface area contributed by atoms with Crippen LogP contribution < -0.4 is 10.6 Å². The van der Waals surface area contributed by atoms with Gasteiger partial charge in [0.05, 0.1) is 0 Å². The molecule has 0 spiro atoms. The zero-order chi connectivity index (χ0) is 31.5. The zero-order valence-corrected chi connectivity index (χ0v) is 25.1. The number of piperidine rings is 1. The fourth-order valence-electron chi connectivity index (χ4n) is 8.64. The molecule has 5 unspecified atom stereocenters. The average molecular weight is 616 g/mol. The highest BCUT2D eigenvalue weighted by molar-refractivity contribution is 5.98. The van der Waals surface area contributed by atoms with Gasteiger partial charge in [0.25, 0.3) is 17.7 Å². The maximum Gasteiger partial charge on any atom is 0.280 e. The van der Waals surface area contributed by atoms with Gasteiger partial charge in [0.2, 0.25) is 11.6 Å². The Kier molecular flexibility index (Phi) is 6.11. The number of carbonyl (C=O) groups is 3. The normalized spacial score (nSPS) is 40.0. The van der Waals surface area contributed by atoms with Crippen molar-refractivity contribution < 1.29 is 34.4 Å².